The predicted octanol–water partition coefficient (Wildman–Crippen LogP) is -0.350. The maximum Gasteiger partial charge on any atom is 0.291 e. The molecule has 0 spiro atoms. The molecule has 0 rings (SSSR count). The van der Waals surface area contributed by atoms with Gasteiger partial charge in [0.05, 0.1) is 0 Å². The summed E-state index contributed by atoms with van der Waals surface area (Å²) in [4.78, 5) is 8.36. The van der Waals surface area contributed by atoms with Gasteiger partial charge in [-0.15, -0.1) is 10.1 Å². The first-order valence-electron chi connectivity index (χ1n) is 0.565. The van der Waals surface area contributed by atoms with E-state index in [9.17, 15) is 0 Å². The molecule has 0 aliphatic carbocycles. The zero-order valence-corrected chi connectivity index (χ0v) is 5.37. The van der Waals surface area contributed by atoms with E-state index in [0.717, 1.165) is 0 Å². The Morgan fingerprint density at radius 3 is 1.80 bits per heavy atom. The first-order chi connectivity index (χ1) is 1.73. The van der Waals surface area contributed by atoms with E-state index < -0.39 is 5.09 Å². The molecule has 0 saturated heterocycles. The van der Waals surface area contributed by atoms with Crippen LogP contribution < -0.4 is 0 Å². The summed E-state index contributed by atoms with van der Waals surface area (Å²) in [6, 6.07) is 0. The van der Waals surface area contributed by atoms with Crippen LogP contribution in [0.4, 0.5) is 0 Å². The molecule has 29 valence electrons. The van der Waals surface area contributed by atoms with Gasteiger partial charge >= 0.3 is 0 Å². The van der Waals surface area contributed by atoms with Crippen LogP contribution in [0.25, 0.3) is 0 Å². The van der Waals surface area contributed by atoms with Gasteiger partial charge in [-0.05, 0) is 0 Å². The summed E-state index contributed by atoms with van der Waals surface area (Å²) in [5.74, 6) is 0. The molecule has 1 N–H and O–H groups in total. The van der Waals surface area contributed by atoms with E-state index in [1.165, 1.54) is 0 Å². The zero-order chi connectivity index (χ0) is 3.58. The van der Waals surface area contributed by atoms with Gasteiger partial charge in [0.2, 0.25) is 0 Å². The summed E-state index contributed by atoms with van der Waals surface area (Å²) < 4.78 is 0. The van der Waals surface area contributed by atoms with E-state index in [-0.39, 0.29) is 22.4 Å². The largest absolute Gasteiger partial charge is 0.328 e. The maximum atomic E-state index is 8.36. The van der Waals surface area contributed by atoms with Gasteiger partial charge < -0.3 is 5.21 Å². The van der Waals surface area contributed by atoms with E-state index in [1.54, 1.807) is 0 Å². The van der Waals surface area contributed by atoms with Gasteiger partial charge in [0, 0.05) is 22.4 Å². The monoisotopic (exact) mass is 244 g/mol. The average molecular weight is 244 g/mol. The van der Waals surface area contributed by atoms with Crippen LogP contribution in [0.1, 0.15) is 0 Å². The summed E-state index contributed by atoms with van der Waals surface area (Å²) in [6.07, 6.45) is 0. The Bertz CT molecular complexity index is 29.9. The molecule has 0 unspecified atom stereocenters. The Balaban J connectivity index is 0. The molecule has 5 heavy (non-hydrogen) atoms. The first kappa shape index (κ1) is 8.87. The Labute approximate surface area is 43.4 Å². The third-order valence-corrected chi connectivity index (χ3v) is 0. The van der Waals surface area contributed by atoms with Gasteiger partial charge in [-0.25, -0.2) is 0 Å². The van der Waals surface area contributed by atoms with E-state index in [2.05, 4.69) is 0 Å². The van der Waals surface area contributed by atoms with E-state index in [1.807, 2.05) is 0 Å². The minimum atomic E-state index is -1.50. The van der Waals surface area contributed by atoms with Crippen LogP contribution in [-0.4, -0.2) is 10.3 Å². The maximum absolute atomic E-state index is 8.36. The molecule has 0 heterocycles. The summed E-state index contributed by atoms with van der Waals surface area (Å²) in [5.41, 5.74) is 0. The van der Waals surface area contributed by atoms with Crippen molar-refractivity contribution in [2.75, 3.05) is 0 Å². The fourth-order valence-corrected chi connectivity index (χ4v) is 0. The normalized spacial score (nSPS) is 4.80. The van der Waals surface area contributed by atoms with Crippen molar-refractivity contribution in [2.45, 2.75) is 0 Å². The van der Waals surface area contributed by atoms with Gasteiger partial charge in [0.1, 0.15) is 0 Å². The number of hydrogen-bond acceptors (Lipinski definition) is 2. The van der Waals surface area contributed by atoms with Crippen molar-refractivity contribution >= 4 is 0 Å². The van der Waals surface area contributed by atoms with Crippen LogP contribution in [0.15, 0.2) is 0 Å². The fraction of sp³-hybridized carbons (Fsp3) is 0. The van der Waals surface area contributed by atoms with Gasteiger partial charge in [0.15, 0.2) is 0 Å². The third kappa shape index (κ3) is 4160. The minimum Gasteiger partial charge on any atom is -0.328 e. The van der Waals surface area contributed by atoms with Crippen LogP contribution in [0.3, 0.4) is 0 Å². The van der Waals surface area contributed by atoms with Gasteiger partial charge in [-0.3, -0.25) is 0 Å². The van der Waals surface area contributed by atoms with Crippen molar-refractivity contribution < 1.29 is 32.7 Å². The standard InChI is InChI=1S/HNO3.Ta/c2-1(3)4;/h(H,2,3,4);. The summed E-state index contributed by atoms with van der Waals surface area (Å²) in [5, 5.41) is 13.6. The van der Waals surface area contributed by atoms with Gasteiger partial charge in [0.25, 0.3) is 5.09 Å². The van der Waals surface area contributed by atoms with Crippen molar-refractivity contribution in [3.05, 3.63) is 10.1 Å². The second-order valence-electron chi connectivity index (χ2n) is 0.238. The molecule has 1 radical (unpaired) electrons. The molecule has 0 aliphatic rings. The van der Waals surface area contributed by atoms with Gasteiger partial charge in [-0.1, -0.05) is 0 Å². The Morgan fingerprint density at radius 1 is 1.80 bits per heavy atom. The van der Waals surface area contributed by atoms with Crippen molar-refractivity contribution in [3.8, 4) is 0 Å². The van der Waals surface area contributed by atoms with Gasteiger partial charge in [-0.2, -0.15) is 0 Å². The number of nitrogens with zero attached hydrogens (tertiary/aromatic N) is 1. The van der Waals surface area contributed by atoms with E-state index in [4.69, 9.17) is 15.3 Å². The van der Waals surface area contributed by atoms with Crippen molar-refractivity contribution in [2.24, 2.45) is 0 Å². The molecule has 0 fully saturated rings. The molecule has 5 heteroatoms. The average Bonchev–Trinajstić information content (AvgIpc) is 0.811. The predicted molar refractivity (Wildman–Crippen MR) is 8.78 cm³/mol. The van der Waals surface area contributed by atoms with Crippen molar-refractivity contribution in [1.29, 1.82) is 0 Å². The molecular weight excluding hydrogens is 243 g/mol. The third-order valence-electron chi connectivity index (χ3n) is 0. The second-order valence-corrected chi connectivity index (χ2v) is 0.238. The summed E-state index contributed by atoms with van der Waals surface area (Å²) >= 11 is 0. The van der Waals surface area contributed by atoms with Crippen molar-refractivity contribution in [1.82, 2.24) is 0 Å². The quantitative estimate of drug-likeness (QED) is 0.468. The summed E-state index contributed by atoms with van der Waals surface area (Å²) in [6.45, 7) is 0. The zero-order valence-electron chi connectivity index (χ0n) is 2.16. The first-order valence-corrected chi connectivity index (χ1v) is 0.565. The molecule has 0 aromatic heterocycles. The second kappa shape index (κ2) is 3.94. The molecular formula is HNO3Ta. The Hall–Kier alpha value is -0.0597. The summed E-state index contributed by atoms with van der Waals surface area (Å²) in [7, 11) is 0. The molecule has 0 atom stereocenters. The van der Waals surface area contributed by atoms with Crippen molar-refractivity contribution in [3.63, 3.8) is 0 Å². The topological polar surface area (TPSA) is 63.4 Å². The fourth-order valence-electron chi connectivity index (χ4n) is 0. The van der Waals surface area contributed by atoms with Crippen LogP contribution in [0, 0.1) is 10.1 Å². The molecule has 0 bridgehead atoms. The minimum absolute atomic E-state index is 0. The number of rotatable bonds is 0. The molecule has 0 aromatic carbocycles. The molecule has 4 nitrogen and oxygen atoms in total. The Morgan fingerprint density at radius 2 is 1.80 bits per heavy atom. The van der Waals surface area contributed by atoms with E-state index >= 15 is 0 Å². The molecule has 0 aromatic rings. The number of hydrogen-bond donors (Lipinski definition) is 1. The van der Waals surface area contributed by atoms with Crippen LogP contribution >= 0.6 is 0 Å². The van der Waals surface area contributed by atoms with Crippen LogP contribution in [0.5, 0.6) is 0 Å². The molecule has 0 saturated carbocycles. The Kier molecular flexibility index (Phi) is 6.99. The van der Waals surface area contributed by atoms with Crippen LogP contribution in [-0.2, 0) is 22.4 Å². The molecule has 0 aliphatic heterocycles. The smallest absolute Gasteiger partial charge is 0.291 e. The van der Waals surface area contributed by atoms with Crippen LogP contribution in [0.2, 0.25) is 0 Å². The molecule has 0 amide bonds. The SMILES string of the molecule is O=[N+]([O-])O.[Ta]. The van der Waals surface area contributed by atoms with E-state index in [0.29, 0.717) is 0 Å².